The van der Waals surface area contributed by atoms with E-state index in [4.69, 9.17) is 4.99 Å². The first-order valence-corrected chi connectivity index (χ1v) is 11.9. The molecule has 3 amide bonds. The fraction of sp³-hybridized carbons (Fsp3) is 0.625. The molecule has 1 N–H and O–H groups in total. The second kappa shape index (κ2) is 9.90. The minimum atomic E-state index is -0.442. The highest BCUT2D eigenvalue weighted by Crippen LogP contribution is 2.27. The Bertz CT molecular complexity index is 864. The Kier molecular flexibility index (Phi) is 6.98. The molecule has 2 atom stereocenters. The zero-order valence-corrected chi connectivity index (χ0v) is 19.6. The molecule has 1 aromatic carbocycles. The summed E-state index contributed by atoms with van der Waals surface area (Å²) in [5, 5.41) is 2.50. The predicted molar refractivity (Wildman–Crippen MR) is 125 cm³/mol. The van der Waals surface area contributed by atoms with E-state index >= 15 is 0 Å². The number of imide groups is 1. The normalized spacial score (nSPS) is 24.0. The van der Waals surface area contributed by atoms with Crippen molar-refractivity contribution in [1.82, 2.24) is 24.9 Å². The number of carbonyl (C=O) groups is 2. The van der Waals surface area contributed by atoms with E-state index in [-0.39, 0.29) is 11.9 Å². The molecule has 0 spiro atoms. The second-order valence-electron chi connectivity index (χ2n) is 9.14. The molecule has 0 saturated carbocycles. The van der Waals surface area contributed by atoms with Crippen molar-refractivity contribution in [2.75, 3.05) is 39.8 Å². The summed E-state index contributed by atoms with van der Waals surface area (Å²) in [5.74, 6) is 0.647. The monoisotopic (exact) mass is 440 g/mol. The summed E-state index contributed by atoms with van der Waals surface area (Å²) in [7, 11) is 1.72. The third kappa shape index (κ3) is 4.60. The molecule has 4 rings (SSSR count). The molecule has 2 unspecified atom stereocenters. The highest BCUT2D eigenvalue weighted by atomic mass is 16.2. The van der Waals surface area contributed by atoms with E-state index in [0.29, 0.717) is 0 Å². The summed E-state index contributed by atoms with van der Waals surface area (Å²) in [6.45, 7) is 9.76. The van der Waals surface area contributed by atoms with Crippen LogP contribution in [0.25, 0.3) is 0 Å². The topological polar surface area (TPSA) is 71.5 Å². The van der Waals surface area contributed by atoms with Crippen molar-refractivity contribution in [2.24, 2.45) is 4.99 Å². The molecule has 32 heavy (non-hydrogen) atoms. The largest absolute Gasteiger partial charge is 0.340 e. The Morgan fingerprint density at radius 3 is 2.53 bits per heavy atom. The van der Waals surface area contributed by atoms with Gasteiger partial charge in [0.05, 0.1) is 0 Å². The third-order valence-corrected chi connectivity index (χ3v) is 6.90. The number of aliphatic imine (C=N–C) groups is 1. The van der Waals surface area contributed by atoms with Crippen molar-refractivity contribution < 1.29 is 9.59 Å². The number of aryl methyl sites for hydroxylation is 1. The van der Waals surface area contributed by atoms with Crippen LogP contribution in [0.3, 0.4) is 0 Å². The van der Waals surface area contributed by atoms with E-state index in [1.165, 1.54) is 24.0 Å². The summed E-state index contributed by atoms with van der Waals surface area (Å²) in [4.78, 5) is 38.3. The lowest BCUT2D eigenvalue weighted by Gasteiger charge is -2.40. The average molecular weight is 441 g/mol. The lowest BCUT2D eigenvalue weighted by atomic mass is 10.1. The highest BCUT2D eigenvalue weighted by molar-refractivity contribution is 6.03. The summed E-state index contributed by atoms with van der Waals surface area (Å²) in [5.41, 5.74) is 2.70. The highest BCUT2D eigenvalue weighted by Gasteiger charge is 2.49. The summed E-state index contributed by atoms with van der Waals surface area (Å²) in [6, 6.07) is 7.76. The molecule has 174 valence electrons. The molecule has 8 heteroatoms. The van der Waals surface area contributed by atoms with Gasteiger partial charge in [0.25, 0.3) is 5.91 Å². The summed E-state index contributed by atoms with van der Waals surface area (Å²) in [6.07, 6.45) is 4.08. The Morgan fingerprint density at radius 1 is 1.06 bits per heavy atom. The fourth-order valence-corrected chi connectivity index (χ4v) is 4.86. The summed E-state index contributed by atoms with van der Waals surface area (Å²) >= 11 is 0. The van der Waals surface area contributed by atoms with Crippen molar-refractivity contribution in [3.63, 3.8) is 0 Å². The maximum atomic E-state index is 12.7. The van der Waals surface area contributed by atoms with Crippen molar-refractivity contribution in [1.29, 1.82) is 0 Å². The number of carbonyl (C=O) groups excluding carboxylic acids is 2. The SMILES string of the molecule is CCCCCCN1C(N2CCN(Cc3ccccc3C)CC2)=NC2C1C(=O)NC(=O)N2C. The molecule has 2 fully saturated rings. The van der Waals surface area contributed by atoms with Crippen LogP contribution in [0.5, 0.6) is 0 Å². The van der Waals surface area contributed by atoms with Crippen LogP contribution < -0.4 is 5.32 Å². The van der Waals surface area contributed by atoms with Crippen molar-refractivity contribution in [3.8, 4) is 0 Å². The molecule has 1 aromatic rings. The van der Waals surface area contributed by atoms with Crippen LogP contribution in [0.2, 0.25) is 0 Å². The number of guanidine groups is 1. The van der Waals surface area contributed by atoms with Gasteiger partial charge in [-0.1, -0.05) is 50.5 Å². The lowest BCUT2D eigenvalue weighted by Crippen LogP contribution is -2.64. The number of urea groups is 1. The van der Waals surface area contributed by atoms with Crippen molar-refractivity contribution in [3.05, 3.63) is 35.4 Å². The number of nitrogens with zero attached hydrogens (tertiary/aromatic N) is 5. The molecule has 3 aliphatic rings. The van der Waals surface area contributed by atoms with Gasteiger partial charge in [0.1, 0.15) is 0 Å². The number of nitrogens with one attached hydrogen (secondary N) is 1. The molecule has 0 aliphatic carbocycles. The first-order chi connectivity index (χ1) is 15.5. The van der Waals surface area contributed by atoms with Crippen LogP contribution in [0, 0.1) is 6.92 Å². The minimum absolute atomic E-state index is 0.231. The fourth-order valence-electron chi connectivity index (χ4n) is 4.86. The quantitative estimate of drug-likeness (QED) is 0.659. The van der Waals surface area contributed by atoms with Crippen molar-refractivity contribution in [2.45, 2.75) is 58.3 Å². The predicted octanol–water partition coefficient (Wildman–Crippen LogP) is 2.24. The van der Waals surface area contributed by atoms with Crippen LogP contribution in [-0.4, -0.2) is 89.5 Å². The Balaban J connectivity index is 1.44. The minimum Gasteiger partial charge on any atom is -0.340 e. The molecule has 0 radical (unpaired) electrons. The van der Waals surface area contributed by atoms with Gasteiger partial charge in [-0.25, -0.2) is 9.79 Å². The van der Waals surface area contributed by atoms with Gasteiger partial charge in [-0.3, -0.25) is 15.0 Å². The average Bonchev–Trinajstić information content (AvgIpc) is 3.17. The molecular weight excluding hydrogens is 404 g/mol. The van der Waals surface area contributed by atoms with Crippen LogP contribution in [0.1, 0.15) is 43.7 Å². The number of hydrogen-bond acceptors (Lipinski definition) is 6. The van der Waals surface area contributed by atoms with Gasteiger partial charge in [-0.15, -0.1) is 0 Å². The number of benzene rings is 1. The van der Waals surface area contributed by atoms with E-state index in [0.717, 1.165) is 58.1 Å². The van der Waals surface area contributed by atoms with Crippen LogP contribution in [0.4, 0.5) is 4.79 Å². The third-order valence-electron chi connectivity index (χ3n) is 6.90. The number of amides is 3. The zero-order valence-electron chi connectivity index (χ0n) is 19.6. The van der Waals surface area contributed by atoms with Gasteiger partial charge < -0.3 is 14.7 Å². The molecule has 0 bridgehead atoms. The number of piperazine rings is 1. The second-order valence-corrected chi connectivity index (χ2v) is 9.14. The van der Waals surface area contributed by atoms with Gasteiger partial charge >= 0.3 is 6.03 Å². The number of fused-ring (bicyclic) bond motifs is 1. The van der Waals surface area contributed by atoms with Gasteiger partial charge in [0, 0.05) is 46.3 Å². The first-order valence-electron chi connectivity index (χ1n) is 11.9. The van der Waals surface area contributed by atoms with Crippen molar-refractivity contribution >= 4 is 17.9 Å². The molecule has 0 aromatic heterocycles. The van der Waals surface area contributed by atoms with Gasteiger partial charge in [-0.05, 0) is 24.5 Å². The van der Waals surface area contributed by atoms with Crippen LogP contribution in [0.15, 0.2) is 29.3 Å². The molecule has 3 heterocycles. The Hall–Kier alpha value is -2.61. The summed E-state index contributed by atoms with van der Waals surface area (Å²) < 4.78 is 0. The number of likely N-dealkylation sites (N-methyl/N-ethyl adjacent to an activating group) is 1. The van der Waals surface area contributed by atoms with E-state index in [9.17, 15) is 9.59 Å². The number of rotatable bonds is 7. The Labute approximate surface area is 191 Å². The van der Waals surface area contributed by atoms with E-state index in [1.54, 1.807) is 11.9 Å². The van der Waals surface area contributed by atoms with E-state index in [2.05, 4.69) is 58.1 Å². The number of hydrogen-bond donors (Lipinski definition) is 1. The molecular formula is C24H36N6O2. The Morgan fingerprint density at radius 2 is 1.81 bits per heavy atom. The van der Waals surface area contributed by atoms with Gasteiger partial charge in [0.2, 0.25) is 0 Å². The zero-order chi connectivity index (χ0) is 22.7. The molecule has 8 nitrogen and oxygen atoms in total. The molecule has 3 aliphatic heterocycles. The van der Waals surface area contributed by atoms with Crippen LogP contribution in [-0.2, 0) is 11.3 Å². The van der Waals surface area contributed by atoms with E-state index < -0.39 is 12.2 Å². The standard InChI is InChI=1S/C24H36N6O2/c1-4-5-6-9-12-30-20-21(27(3)24(32)26-22(20)31)25-23(30)29-15-13-28(14-16-29)17-19-11-8-7-10-18(19)2/h7-8,10-11,20-21H,4-6,9,12-17H2,1-3H3,(H,26,31,32). The first kappa shape index (κ1) is 22.6. The van der Waals surface area contributed by atoms with Crippen LogP contribution >= 0.6 is 0 Å². The molecule has 2 saturated heterocycles. The smallest absolute Gasteiger partial charge is 0.325 e. The van der Waals surface area contributed by atoms with Gasteiger partial charge in [0.15, 0.2) is 18.2 Å². The maximum absolute atomic E-state index is 12.7. The van der Waals surface area contributed by atoms with Gasteiger partial charge in [-0.2, -0.15) is 0 Å². The maximum Gasteiger partial charge on any atom is 0.325 e. The number of unbranched alkanes of at least 4 members (excludes halogenated alkanes) is 3. The van der Waals surface area contributed by atoms with E-state index in [1.807, 2.05) is 0 Å². The lowest BCUT2D eigenvalue weighted by molar-refractivity contribution is -0.127.